The monoisotopic (exact) mass is 387 g/mol. The van der Waals surface area contributed by atoms with Gasteiger partial charge in [0.1, 0.15) is 0 Å². The molecule has 25 heavy (non-hydrogen) atoms. The van der Waals surface area contributed by atoms with Crippen LogP contribution in [0.4, 0.5) is 0 Å². The smallest absolute Gasteiger partial charge is 0.224 e. The van der Waals surface area contributed by atoms with E-state index in [1.165, 1.54) is 9.18 Å². The summed E-state index contributed by atoms with van der Waals surface area (Å²) < 4.78 is 26.0. The maximum Gasteiger partial charge on any atom is 0.224 e. The molecular weight excluding hydrogens is 358 g/mol. The number of nitrogens with one attached hydrogen (secondary N) is 1. The van der Waals surface area contributed by atoms with Gasteiger partial charge in [-0.25, -0.2) is 12.7 Å². The number of nitrogens with zero attached hydrogens (tertiary/aromatic N) is 2. The van der Waals surface area contributed by atoms with Crippen LogP contribution >= 0.6 is 11.3 Å². The van der Waals surface area contributed by atoms with E-state index < -0.39 is 10.0 Å². The maximum atomic E-state index is 12.6. The molecule has 1 aromatic heterocycles. The van der Waals surface area contributed by atoms with Gasteiger partial charge in [0.2, 0.25) is 15.9 Å². The zero-order valence-electron chi connectivity index (χ0n) is 15.3. The van der Waals surface area contributed by atoms with Crippen LogP contribution in [-0.2, 0) is 14.8 Å². The molecule has 0 aromatic carbocycles. The molecule has 1 amide bonds. The summed E-state index contributed by atoms with van der Waals surface area (Å²) in [5, 5.41) is 5.06. The third-order valence-electron chi connectivity index (χ3n) is 4.57. The van der Waals surface area contributed by atoms with Crippen molar-refractivity contribution in [2.75, 3.05) is 39.5 Å². The van der Waals surface area contributed by atoms with Gasteiger partial charge in [-0.05, 0) is 44.8 Å². The Morgan fingerprint density at radius 2 is 2.24 bits per heavy atom. The number of amides is 1. The van der Waals surface area contributed by atoms with Crippen molar-refractivity contribution < 1.29 is 13.2 Å². The Balaban J connectivity index is 1.93. The highest BCUT2D eigenvalue weighted by atomic mass is 32.2. The summed E-state index contributed by atoms with van der Waals surface area (Å²) in [6, 6.07) is 4.21. The van der Waals surface area contributed by atoms with Crippen molar-refractivity contribution in [3.05, 3.63) is 22.4 Å². The van der Waals surface area contributed by atoms with E-state index in [-0.39, 0.29) is 23.6 Å². The van der Waals surface area contributed by atoms with Gasteiger partial charge in [0, 0.05) is 24.5 Å². The van der Waals surface area contributed by atoms with Crippen molar-refractivity contribution in [3.8, 4) is 0 Å². The standard InChI is InChI=1S/C17H29N3O3S2/c1-4-11-25(22,23)20-9-5-7-14(13-20)17(21)18-12-15(19(2)3)16-8-6-10-24-16/h6,8,10,14-15H,4-5,7,9,11-13H2,1-3H3,(H,18,21). The molecule has 0 aliphatic carbocycles. The molecule has 0 saturated carbocycles. The summed E-state index contributed by atoms with van der Waals surface area (Å²) in [6.45, 7) is 3.23. The Bertz CT molecular complexity index is 644. The van der Waals surface area contributed by atoms with E-state index >= 15 is 0 Å². The molecule has 1 aliphatic heterocycles. The molecule has 1 aliphatic rings. The summed E-state index contributed by atoms with van der Waals surface area (Å²) in [4.78, 5) is 15.9. The van der Waals surface area contributed by atoms with Gasteiger partial charge < -0.3 is 10.2 Å². The Labute approximate surface area is 155 Å². The van der Waals surface area contributed by atoms with Gasteiger partial charge in [0.05, 0.1) is 17.7 Å². The van der Waals surface area contributed by atoms with Crippen LogP contribution in [0.25, 0.3) is 0 Å². The first-order chi connectivity index (χ1) is 11.8. The van der Waals surface area contributed by atoms with E-state index in [1.54, 1.807) is 11.3 Å². The highest BCUT2D eigenvalue weighted by Crippen LogP contribution is 2.23. The van der Waals surface area contributed by atoms with Crippen molar-refractivity contribution in [3.63, 3.8) is 0 Å². The lowest BCUT2D eigenvalue weighted by Gasteiger charge is -2.32. The van der Waals surface area contributed by atoms with Crippen LogP contribution in [0.3, 0.4) is 0 Å². The highest BCUT2D eigenvalue weighted by molar-refractivity contribution is 7.89. The molecule has 2 atom stereocenters. The molecule has 0 spiro atoms. The molecule has 1 aromatic rings. The minimum absolute atomic E-state index is 0.0418. The van der Waals surface area contributed by atoms with E-state index in [9.17, 15) is 13.2 Å². The predicted molar refractivity (Wildman–Crippen MR) is 102 cm³/mol. The number of hydrogen-bond donors (Lipinski definition) is 1. The first kappa shape index (κ1) is 20.4. The number of piperidine rings is 1. The number of carbonyl (C=O) groups is 1. The second-order valence-electron chi connectivity index (χ2n) is 6.75. The molecule has 2 unspecified atom stereocenters. The van der Waals surface area contributed by atoms with E-state index in [0.29, 0.717) is 26.1 Å². The fourth-order valence-corrected chi connectivity index (χ4v) is 5.67. The van der Waals surface area contributed by atoms with Crippen LogP contribution in [0.15, 0.2) is 17.5 Å². The third-order valence-corrected chi connectivity index (χ3v) is 7.59. The summed E-state index contributed by atoms with van der Waals surface area (Å²) in [5.74, 6) is -0.145. The van der Waals surface area contributed by atoms with Gasteiger partial charge in [-0.15, -0.1) is 11.3 Å². The van der Waals surface area contributed by atoms with E-state index in [1.807, 2.05) is 32.5 Å². The fourth-order valence-electron chi connectivity index (χ4n) is 3.16. The quantitative estimate of drug-likeness (QED) is 0.740. The Morgan fingerprint density at radius 1 is 1.48 bits per heavy atom. The fraction of sp³-hybridized carbons (Fsp3) is 0.706. The van der Waals surface area contributed by atoms with Gasteiger partial charge in [-0.3, -0.25) is 4.79 Å². The average Bonchev–Trinajstić information content (AvgIpc) is 3.09. The first-order valence-electron chi connectivity index (χ1n) is 8.80. The molecule has 2 rings (SSSR count). The Hall–Kier alpha value is -0.960. The molecule has 0 bridgehead atoms. The van der Waals surface area contributed by atoms with Crippen LogP contribution in [0.2, 0.25) is 0 Å². The number of carbonyl (C=O) groups excluding carboxylic acids is 1. The van der Waals surface area contributed by atoms with Gasteiger partial charge in [0.15, 0.2) is 0 Å². The Kier molecular flexibility index (Phi) is 7.42. The van der Waals surface area contributed by atoms with Gasteiger partial charge >= 0.3 is 0 Å². The summed E-state index contributed by atoms with van der Waals surface area (Å²) in [6.07, 6.45) is 2.08. The number of hydrogen-bond acceptors (Lipinski definition) is 5. The van der Waals surface area contributed by atoms with Gasteiger partial charge in [0.25, 0.3) is 0 Å². The zero-order chi connectivity index (χ0) is 18.4. The number of sulfonamides is 1. The maximum absolute atomic E-state index is 12.6. The largest absolute Gasteiger partial charge is 0.354 e. The van der Waals surface area contributed by atoms with Gasteiger partial charge in [-0.2, -0.15) is 0 Å². The summed E-state index contributed by atoms with van der Waals surface area (Å²) in [5.41, 5.74) is 0. The number of rotatable bonds is 8. The van der Waals surface area contributed by atoms with Crippen molar-refractivity contribution in [2.24, 2.45) is 5.92 Å². The van der Waals surface area contributed by atoms with Crippen molar-refractivity contribution in [1.29, 1.82) is 0 Å². The third kappa shape index (κ3) is 5.51. The minimum atomic E-state index is -3.23. The van der Waals surface area contributed by atoms with E-state index in [2.05, 4.69) is 16.3 Å². The molecule has 2 heterocycles. The normalized spacial score (nSPS) is 20.6. The summed E-state index contributed by atoms with van der Waals surface area (Å²) >= 11 is 1.68. The molecule has 142 valence electrons. The number of likely N-dealkylation sites (N-methyl/N-ethyl adjacent to an activating group) is 1. The topological polar surface area (TPSA) is 69.7 Å². The average molecular weight is 388 g/mol. The second kappa shape index (κ2) is 9.12. The van der Waals surface area contributed by atoms with Crippen molar-refractivity contribution in [1.82, 2.24) is 14.5 Å². The number of thiophene rings is 1. The van der Waals surface area contributed by atoms with Gasteiger partial charge in [-0.1, -0.05) is 13.0 Å². The molecule has 0 radical (unpaired) electrons. The van der Waals surface area contributed by atoms with Crippen LogP contribution in [0.5, 0.6) is 0 Å². The molecule has 1 N–H and O–H groups in total. The van der Waals surface area contributed by atoms with Crippen LogP contribution in [-0.4, -0.2) is 63.0 Å². The highest BCUT2D eigenvalue weighted by Gasteiger charge is 2.32. The molecule has 1 fully saturated rings. The van der Waals surface area contributed by atoms with E-state index in [0.717, 1.165) is 12.8 Å². The van der Waals surface area contributed by atoms with Crippen molar-refractivity contribution >= 4 is 27.3 Å². The van der Waals surface area contributed by atoms with E-state index in [4.69, 9.17) is 0 Å². The van der Waals surface area contributed by atoms with Crippen LogP contribution in [0, 0.1) is 5.92 Å². The lowest BCUT2D eigenvalue weighted by molar-refractivity contribution is -0.126. The predicted octanol–water partition coefficient (Wildman–Crippen LogP) is 1.92. The molecular formula is C17H29N3O3S2. The first-order valence-corrected chi connectivity index (χ1v) is 11.3. The molecule has 6 nitrogen and oxygen atoms in total. The summed E-state index contributed by atoms with van der Waals surface area (Å²) in [7, 11) is 0.759. The van der Waals surface area contributed by atoms with Crippen molar-refractivity contribution in [2.45, 2.75) is 32.2 Å². The SMILES string of the molecule is CCCS(=O)(=O)N1CCCC(C(=O)NCC(c2cccs2)N(C)C)C1. The molecule has 1 saturated heterocycles. The second-order valence-corrected chi connectivity index (χ2v) is 9.82. The van der Waals surface area contributed by atoms with Crippen LogP contribution < -0.4 is 5.32 Å². The lowest BCUT2D eigenvalue weighted by Crippen LogP contribution is -2.47. The zero-order valence-corrected chi connectivity index (χ0v) is 16.9. The lowest BCUT2D eigenvalue weighted by atomic mass is 9.98. The Morgan fingerprint density at radius 3 is 2.84 bits per heavy atom. The molecule has 8 heteroatoms. The van der Waals surface area contributed by atoms with Crippen LogP contribution in [0.1, 0.15) is 37.1 Å². The minimum Gasteiger partial charge on any atom is -0.354 e.